The van der Waals surface area contributed by atoms with Gasteiger partial charge in [0.15, 0.2) is 0 Å². The van der Waals surface area contributed by atoms with E-state index >= 15 is 0 Å². The maximum absolute atomic E-state index is 10.1. The Balaban J connectivity index is 1.49. The van der Waals surface area contributed by atoms with Crippen molar-refractivity contribution in [3.05, 3.63) is 88.1 Å². The van der Waals surface area contributed by atoms with Crippen LogP contribution < -0.4 is 10.1 Å². The topological polar surface area (TPSA) is 41.5 Å². The molecular formula is C23H27NO2S. The van der Waals surface area contributed by atoms with Crippen LogP contribution in [0.25, 0.3) is 0 Å². The molecule has 0 aliphatic rings. The summed E-state index contributed by atoms with van der Waals surface area (Å²) in [5.74, 6) is 0.778. The number of hydrogen-bond acceptors (Lipinski definition) is 4. The van der Waals surface area contributed by atoms with Gasteiger partial charge in [0.1, 0.15) is 18.5 Å². The van der Waals surface area contributed by atoms with Gasteiger partial charge in [0, 0.05) is 23.4 Å². The quantitative estimate of drug-likeness (QED) is 0.569. The van der Waals surface area contributed by atoms with Gasteiger partial charge in [-0.25, -0.2) is 0 Å². The third-order valence-electron chi connectivity index (χ3n) is 4.77. The summed E-state index contributed by atoms with van der Waals surface area (Å²) in [5, 5.41) is 15.4. The molecule has 3 rings (SSSR count). The zero-order valence-corrected chi connectivity index (χ0v) is 16.7. The highest BCUT2D eigenvalue weighted by Crippen LogP contribution is 2.32. The molecule has 0 aliphatic heterocycles. The van der Waals surface area contributed by atoms with Gasteiger partial charge in [-0.2, -0.15) is 0 Å². The molecule has 0 aliphatic carbocycles. The maximum Gasteiger partial charge on any atom is 0.119 e. The van der Waals surface area contributed by atoms with Crippen LogP contribution in [0.1, 0.15) is 29.9 Å². The van der Waals surface area contributed by atoms with E-state index in [1.54, 1.807) is 11.3 Å². The molecule has 0 amide bonds. The molecule has 27 heavy (non-hydrogen) atoms. The van der Waals surface area contributed by atoms with Crippen LogP contribution in [0.4, 0.5) is 0 Å². The standard InChI is InChI=1S/C23H27NO2S/c1-23(2,18-7-4-3-5-8-18)19-10-12-21(13-11-19)26-17-20(25)15-24-16-22-9-6-14-27-22/h3-14,20,24-25H,15-17H2,1-2H3. The van der Waals surface area contributed by atoms with Crippen molar-refractivity contribution in [2.45, 2.75) is 31.9 Å². The van der Waals surface area contributed by atoms with Crippen LogP contribution in [-0.2, 0) is 12.0 Å². The molecule has 3 aromatic rings. The van der Waals surface area contributed by atoms with Crippen LogP contribution in [0.5, 0.6) is 5.75 Å². The lowest BCUT2D eigenvalue weighted by Crippen LogP contribution is -2.31. The van der Waals surface area contributed by atoms with Crippen LogP contribution in [0.2, 0.25) is 0 Å². The fourth-order valence-electron chi connectivity index (χ4n) is 3.02. The molecule has 2 N–H and O–H groups in total. The highest BCUT2D eigenvalue weighted by atomic mass is 32.1. The molecule has 4 heteroatoms. The third-order valence-corrected chi connectivity index (χ3v) is 5.65. The summed E-state index contributed by atoms with van der Waals surface area (Å²) in [5.41, 5.74) is 2.45. The van der Waals surface area contributed by atoms with Gasteiger partial charge in [-0.05, 0) is 34.7 Å². The molecule has 0 radical (unpaired) electrons. The maximum atomic E-state index is 10.1. The van der Waals surface area contributed by atoms with Crippen molar-refractivity contribution in [3.8, 4) is 5.75 Å². The van der Waals surface area contributed by atoms with Gasteiger partial charge in [-0.1, -0.05) is 62.4 Å². The molecule has 1 aromatic heterocycles. The van der Waals surface area contributed by atoms with Crippen molar-refractivity contribution in [2.75, 3.05) is 13.2 Å². The second kappa shape index (κ2) is 9.18. The first-order valence-electron chi connectivity index (χ1n) is 9.26. The van der Waals surface area contributed by atoms with E-state index in [0.29, 0.717) is 6.54 Å². The summed E-state index contributed by atoms with van der Waals surface area (Å²) in [6.45, 7) is 6.01. The Bertz CT molecular complexity index is 798. The van der Waals surface area contributed by atoms with Gasteiger partial charge in [0.2, 0.25) is 0 Å². The number of nitrogens with one attached hydrogen (secondary N) is 1. The van der Waals surface area contributed by atoms with Crippen LogP contribution in [0.15, 0.2) is 72.1 Å². The van der Waals surface area contributed by atoms with Gasteiger partial charge in [-0.3, -0.25) is 0 Å². The normalized spacial score (nSPS) is 12.7. The van der Waals surface area contributed by atoms with E-state index in [1.807, 2.05) is 24.3 Å². The number of thiophene rings is 1. The molecule has 2 aromatic carbocycles. The first-order valence-corrected chi connectivity index (χ1v) is 10.1. The van der Waals surface area contributed by atoms with E-state index in [0.717, 1.165) is 12.3 Å². The largest absolute Gasteiger partial charge is 0.491 e. The van der Waals surface area contributed by atoms with Crippen molar-refractivity contribution in [2.24, 2.45) is 0 Å². The number of benzene rings is 2. The molecule has 142 valence electrons. The Labute approximate surface area is 165 Å². The smallest absolute Gasteiger partial charge is 0.119 e. The van der Waals surface area contributed by atoms with Gasteiger partial charge >= 0.3 is 0 Å². The number of aliphatic hydroxyl groups excluding tert-OH is 1. The highest BCUT2D eigenvalue weighted by Gasteiger charge is 2.22. The molecule has 1 atom stereocenters. The van der Waals surface area contributed by atoms with Crippen molar-refractivity contribution in [1.82, 2.24) is 5.32 Å². The van der Waals surface area contributed by atoms with Crippen molar-refractivity contribution in [3.63, 3.8) is 0 Å². The Morgan fingerprint density at radius 2 is 1.67 bits per heavy atom. The molecule has 0 saturated heterocycles. The van der Waals surface area contributed by atoms with Crippen molar-refractivity contribution in [1.29, 1.82) is 0 Å². The molecule has 1 unspecified atom stereocenters. The summed E-state index contributed by atoms with van der Waals surface area (Å²) >= 11 is 1.71. The average molecular weight is 382 g/mol. The molecule has 0 saturated carbocycles. The zero-order chi connectivity index (χ0) is 19.1. The number of ether oxygens (including phenoxy) is 1. The van der Waals surface area contributed by atoms with Crippen LogP contribution in [0, 0.1) is 0 Å². The number of aliphatic hydroxyl groups is 1. The predicted octanol–water partition coefficient (Wildman–Crippen LogP) is 4.60. The van der Waals surface area contributed by atoms with Gasteiger partial charge in [0.05, 0.1) is 0 Å². The van der Waals surface area contributed by atoms with E-state index in [9.17, 15) is 5.11 Å². The molecule has 0 spiro atoms. The minimum absolute atomic E-state index is 0.0645. The van der Waals surface area contributed by atoms with Crippen LogP contribution >= 0.6 is 11.3 Å². The minimum Gasteiger partial charge on any atom is -0.491 e. The molecular weight excluding hydrogens is 354 g/mol. The fraction of sp³-hybridized carbons (Fsp3) is 0.304. The summed E-state index contributed by atoms with van der Waals surface area (Å²) in [4.78, 5) is 1.26. The van der Waals surface area contributed by atoms with E-state index in [-0.39, 0.29) is 12.0 Å². The van der Waals surface area contributed by atoms with E-state index < -0.39 is 6.10 Å². The Morgan fingerprint density at radius 3 is 2.33 bits per heavy atom. The van der Waals surface area contributed by atoms with Crippen LogP contribution in [-0.4, -0.2) is 24.4 Å². The zero-order valence-electron chi connectivity index (χ0n) is 15.9. The SMILES string of the molecule is CC(C)(c1ccccc1)c1ccc(OCC(O)CNCc2cccs2)cc1. The lowest BCUT2D eigenvalue weighted by Gasteiger charge is -2.26. The van der Waals surface area contributed by atoms with E-state index in [1.165, 1.54) is 16.0 Å². The number of hydrogen-bond donors (Lipinski definition) is 2. The third kappa shape index (κ3) is 5.42. The Hall–Kier alpha value is -2.14. The second-order valence-corrected chi connectivity index (χ2v) is 8.22. The monoisotopic (exact) mass is 381 g/mol. The van der Waals surface area contributed by atoms with E-state index in [2.05, 4.69) is 67.0 Å². The average Bonchev–Trinajstić information content (AvgIpc) is 3.21. The van der Waals surface area contributed by atoms with Crippen molar-refractivity contribution >= 4 is 11.3 Å². The number of rotatable bonds is 9. The van der Waals surface area contributed by atoms with Gasteiger partial charge in [0.25, 0.3) is 0 Å². The highest BCUT2D eigenvalue weighted by molar-refractivity contribution is 7.09. The van der Waals surface area contributed by atoms with Crippen LogP contribution in [0.3, 0.4) is 0 Å². The lowest BCUT2D eigenvalue weighted by atomic mass is 9.78. The first-order chi connectivity index (χ1) is 13.1. The molecule has 1 heterocycles. The minimum atomic E-state index is -0.537. The predicted molar refractivity (Wildman–Crippen MR) is 113 cm³/mol. The van der Waals surface area contributed by atoms with Crippen molar-refractivity contribution < 1.29 is 9.84 Å². The summed E-state index contributed by atoms with van der Waals surface area (Å²) in [6.07, 6.45) is -0.537. The van der Waals surface area contributed by atoms with Gasteiger partial charge in [-0.15, -0.1) is 11.3 Å². The molecule has 0 fully saturated rings. The lowest BCUT2D eigenvalue weighted by molar-refractivity contribution is 0.106. The summed E-state index contributed by atoms with van der Waals surface area (Å²) in [7, 11) is 0. The Morgan fingerprint density at radius 1 is 0.963 bits per heavy atom. The summed E-state index contributed by atoms with van der Waals surface area (Å²) < 4.78 is 5.74. The summed E-state index contributed by atoms with van der Waals surface area (Å²) in [6, 6.07) is 22.8. The molecule has 3 nitrogen and oxygen atoms in total. The first kappa shape index (κ1) is 19.6. The van der Waals surface area contributed by atoms with Gasteiger partial charge < -0.3 is 15.2 Å². The second-order valence-electron chi connectivity index (χ2n) is 7.19. The fourth-order valence-corrected chi connectivity index (χ4v) is 3.69. The Kier molecular flexibility index (Phi) is 6.67. The van der Waals surface area contributed by atoms with E-state index in [4.69, 9.17) is 4.74 Å². The molecule has 0 bridgehead atoms.